The van der Waals surface area contributed by atoms with Gasteiger partial charge in [0.2, 0.25) is 11.8 Å². The maximum Gasteiger partial charge on any atom is 0.268 e. The molecule has 2 amide bonds. The van der Waals surface area contributed by atoms with E-state index in [1.54, 1.807) is 0 Å². The molecule has 0 heterocycles. The molecule has 0 aromatic rings. The predicted octanol–water partition coefficient (Wildman–Crippen LogP) is 4.00. The number of carbonyl (C=O) groups excluding carboxylic acids is 2. The number of hydrogen-bond acceptors (Lipinski definition) is 14. The quantitative estimate of drug-likeness (QED) is 0.0716. The van der Waals surface area contributed by atoms with Gasteiger partial charge in [0.1, 0.15) is 6.10 Å². The van der Waals surface area contributed by atoms with Crippen LogP contribution in [0.4, 0.5) is 0 Å². The van der Waals surface area contributed by atoms with E-state index < -0.39 is 42.8 Å². The van der Waals surface area contributed by atoms with E-state index in [1.807, 2.05) is 0 Å². The smallest absolute Gasteiger partial charge is 0.268 e. The van der Waals surface area contributed by atoms with Crippen molar-refractivity contribution in [2.45, 2.75) is 123 Å². The minimum absolute atomic E-state index is 0.0160. The van der Waals surface area contributed by atoms with E-state index in [2.05, 4.69) is 33.5 Å². The number of unbranched alkanes of at least 4 members (excludes halogenated alkanes) is 10. The molecule has 47 heavy (non-hydrogen) atoms. The molecule has 0 aliphatic carbocycles. The summed E-state index contributed by atoms with van der Waals surface area (Å²) in [7, 11) is -13.9. The number of amides is 2. The van der Waals surface area contributed by atoms with Gasteiger partial charge in [-0.3, -0.25) is 23.3 Å². The van der Waals surface area contributed by atoms with E-state index in [0.29, 0.717) is 51.6 Å². The summed E-state index contributed by atoms with van der Waals surface area (Å²) in [5.41, 5.74) is 0. The minimum atomic E-state index is -4.93. The molecule has 0 rings (SSSR count). The molecule has 280 valence electrons. The Kier molecular flexibility index (Phi) is 27.6. The van der Waals surface area contributed by atoms with Gasteiger partial charge in [0.05, 0.1) is 26.4 Å². The van der Waals surface area contributed by atoms with Crippen LogP contribution >= 0.6 is 23.5 Å². The topological polar surface area (TPSA) is 234 Å². The van der Waals surface area contributed by atoms with Crippen molar-refractivity contribution in [3.05, 3.63) is 0 Å². The van der Waals surface area contributed by atoms with Gasteiger partial charge in [-0.1, -0.05) is 65.2 Å². The molecule has 0 aromatic heterocycles. The summed E-state index contributed by atoms with van der Waals surface area (Å²) in [5.74, 6) is 0.0319. The van der Waals surface area contributed by atoms with Crippen LogP contribution in [0.3, 0.4) is 0 Å². The fourth-order valence-corrected chi connectivity index (χ4v) is 6.10. The fourth-order valence-electron chi connectivity index (χ4n) is 3.98. The second-order valence-corrected chi connectivity index (χ2v) is 15.2. The van der Waals surface area contributed by atoms with Gasteiger partial charge < -0.3 is 52.5 Å². The lowest BCUT2D eigenvalue weighted by Crippen LogP contribution is -2.28. The van der Waals surface area contributed by atoms with Crippen LogP contribution in [0.5, 0.6) is 0 Å². The third-order valence-corrected chi connectivity index (χ3v) is 9.57. The first-order chi connectivity index (χ1) is 22.3. The van der Waals surface area contributed by atoms with Gasteiger partial charge in [-0.05, 0) is 38.5 Å². The van der Waals surface area contributed by atoms with Crippen LogP contribution in [0, 0.1) is 0 Å². The van der Waals surface area contributed by atoms with Crippen molar-refractivity contribution >= 4 is 35.3 Å². The number of rotatable bonds is 33. The molecule has 19 heteroatoms. The highest BCUT2D eigenvalue weighted by Crippen LogP contribution is 2.44. The lowest BCUT2D eigenvalue weighted by Gasteiger charge is -2.31. The highest BCUT2D eigenvalue weighted by Gasteiger charge is 2.23. The van der Waals surface area contributed by atoms with E-state index in [4.69, 9.17) is 18.1 Å². The molecule has 0 bridgehead atoms. The Balaban J connectivity index is 4.35. The Hall–Kier alpha value is -0.730. The van der Waals surface area contributed by atoms with Gasteiger partial charge in [0.25, 0.3) is 23.5 Å². The highest BCUT2D eigenvalue weighted by molar-refractivity contribution is 7.46. The molecule has 0 saturated heterocycles. The van der Waals surface area contributed by atoms with Crippen molar-refractivity contribution in [1.82, 2.24) is 10.6 Å². The van der Waals surface area contributed by atoms with Gasteiger partial charge in [0, 0.05) is 33.0 Å². The van der Waals surface area contributed by atoms with Crippen molar-refractivity contribution in [3.8, 4) is 0 Å². The zero-order chi connectivity index (χ0) is 35.4. The first-order valence-electron chi connectivity index (χ1n) is 16.5. The first kappa shape index (κ1) is 46.3. The molecule has 2 N–H and O–H groups in total. The maximum absolute atomic E-state index is 12.1. The zero-order valence-corrected chi connectivity index (χ0v) is 30.9. The Bertz CT molecular complexity index is 913. The molecule has 0 aliphatic heterocycles. The third kappa shape index (κ3) is 29.9. The van der Waals surface area contributed by atoms with Crippen molar-refractivity contribution in [2.75, 3.05) is 46.6 Å². The van der Waals surface area contributed by atoms with E-state index in [0.717, 1.165) is 71.3 Å². The van der Waals surface area contributed by atoms with E-state index in [9.17, 15) is 38.0 Å². The molecule has 0 aliphatic rings. The van der Waals surface area contributed by atoms with Crippen LogP contribution in [-0.2, 0) is 50.4 Å². The van der Waals surface area contributed by atoms with Crippen molar-refractivity contribution in [1.29, 1.82) is 0 Å². The summed E-state index contributed by atoms with van der Waals surface area (Å²) in [5, 5.41) is 5.68. The number of phosphoric ester groups is 3. The largest absolute Gasteiger partial charge is 0.756 e. The summed E-state index contributed by atoms with van der Waals surface area (Å²) in [6.45, 7) is 2.93. The van der Waals surface area contributed by atoms with Crippen LogP contribution in [0.1, 0.15) is 117 Å². The second kappa shape index (κ2) is 28.0. The van der Waals surface area contributed by atoms with E-state index >= 15 is 0 Å². The fraction of sp³-hybridized carbons (Fsp3) is 0.929. The lowest BCUT2D eigenvalue weighted by atomic mass is 10.2. The second-order valence-electron chi connectivity index (χ2n) is 11.0. The molecule has 0 aromatic carbocycles. The van der Waals surface area contributed by atoms with Crippen molar-refractivity contribution < 1.29 is 65.1 Å². The molecule has 0 spiro atoms. The summed E-state index contributed by atoms with van der Waals surface area (Å²) in [6.07, 6.45) is 10.1. The normalized spacial score (nSPS) is 16.1. The van der Waals surface area contributed by atoms with Crippen LogP contribution in [0.25, 0.3) is 0 Å². The van der Waals surface area contributed by atoms with Gasteiger partial charge in [-0.2, -0.15) is 0 Å². The van der Waals surface area contributed by atoms with Gasteiger partial charge >= 0.3 is 0 Å². The first-order valence-corrected chi connectivity index (χ1v) is 20.9. The Labute approximate surface area is 280 Å². The Morgan fingerprint density at radius 2 is 0.979 bits per heavy atom. The maximum atomic E-state index is 12.1. The summed E-state index contributed by atoms with van der Waals surface area (Å²) >= 11 is 0. The Morgan fingerprint density at radius 1 is 0.574 bits per heavy atom. The molecular formula is C28H56N2O14P3-3. The molecular weight excluding hydrogens is 681 g/mol. The summed E-state index contributed by atoms with van der Waals surface area (Å²) in [4.78, 5) is 59.4. The standard InChI is InChI=1S/C28H59N2O14P3/c1-4-6-12-18-27(31)29-20-14-8-10-16-22-40-46(35,36)42-24-26(44-45(33,34)39-3)25-43-47(37,38)41-23-17-11-9-15-21-30-28(32)19-13-7-5-2/h26H,4-25H2,1-3H3,(H,29,31)(H,30,32)(H,33,34)(H,35,36)(H,37,38)/p-3. The number of phosphoric acid groups is 3. The van der Waals surface area contributed by atoms with E-state index in [-0.39, 0.29) is 25.0 Å². The Morgan fingerprint density at radius 3 is 1.36 bits per heavy atom. The molecule has 16 nitrogen and oxygen atoms in total. The molecule has 0 fully saturated rings. The predicted molar refractivity (Wildman–Crippen MR) is 170 cm³/mol. The van der Waals surface area contributed by atoms with Crippen molar-refractivity contribution in [2.24, 2.45) is 0 Å². The van der Waals surface area contributed by atoms with E-state index in [1.165, 1.54) is 0 Å². The summed E-state index contributed by atoms with van der Waals surface area (Å²) in [6, 6.07) is 0. The molecule has 0 saturated carbocycles. The molecule has 0 radical (unpaired) electrons. The zero-order valence-electron chi connectivity index (χ0n) is 28.2. The average molecular weight is 738 g/mol. The van der Waals surface area contributed by atoms with Gasteiger partial charge in [-0.25, -0.2) is 0 Å². The SMILES string of the molecule is CCCCCC(=O)NCCCCCCOP(=O)([O-])OCC(COP(=O)([O-])OCCCCCCNC(=O)CCCCC)OP(=O)([O-])OC. The monoisotopic (exact) mass is 737 g/mol. The van der Waals surface area contributed by atoms with Crippen LogP contribution < -0.4 is 25.3 Å². The highest BCUT2D eigenvalue weighted by atomic mass is 31.2. The number of nitrogens with one attached hydrogen (secondary N) is 2. The van der Waals surface area contributed by atoms with Gasteiger partial charge in [-0.15, -0.1) is 0 Å². The molecule has 3 unspecified atom stereocenters. The van der Waals surface area contributed by atoms with Crippen LogP contribution in [0.2, 0.25) is 0 Å². The average Bonchev–Trinajstić information content (AvgIpc) is 3.01. The molecule has 3 atom stereocenters. The van der Waals surface area contributed by atoms with Crippen LogP contribution in [-0.4, -0.2) is 64.5 Å². The summed E-state index contributed by atoms with van der Waals surface area (Å²) < 4.78 is 63.9. The van der Waals surface area contributed by atoms with Crippen LogP contribution in [0.15, 0.2) is 0 Å². The number of carbonyl (C=O) groups is 2. The minimum Gasteiger partial charge on any atom is -0.756 e. The van der Waals surface area contributed by atoms with Crippen molar-refractivity contribution in [3.63, 3.8) is 0 Å². The van der Waals surface area contributed by atoms with Gasteiger partial charge in [0.15, 0.2) is 0 Å². The lowest BCUT2D eigenvalue weighted by molar-refractivity contribution is -0.242. The number of hydrogen-bond donors (Lipinski definition) is 2. The third-order valence-electron chi connectivity index (χ3n) is 6.64.